The summed E-state index contributed by atoms with van der Waals surface area (Å²) in [5, 5.41) is 3.29. The van der Waals surface area contributed by atoms with Crippen molar-refractivity contribution in [1.29, 1.82) is 0 Å². The van der Waals surface area contributed by atoms with Crippen molar-refractivity contribution in [3.63, 3.8) is 0 Å². The highest BCUT2D eigenvalue weighted by atomic mass is 127. The van der Waals surface area contributed by atoms with Crippen LogP contribution in [-0.2, 0) is 11.3 Å². The van der Waals surface area contributed by atoms with Crippen LogP contribution >= 0.6 is 24.0 Å². The van der Waals surface area contributed by atoms with Gasteiger partial charge in [0.05, 0.1) is 13.2 Å². The average molecular weight is 447 g/mol. The van der Waals surface area contributed by atoms with Gasteiger partial charge in [0.2, 0.25) is 0 Å². The Morgan fingerprint density at radius 3 is 2.92 bits per heavy atom. The third kappa shape index (κ3) is 7.17. The van der Waals surface area contributed by atoms with Gasteiger partial charge in [0.25, 0.3) is 0 Å². The minimum Gasteiger partial charge on any atom is -0.377 e. The van der Waals surface area contributed by atoms with Crippen molar-refractivity contribution >= 4 is 29.9 Å². The Morgan fingerprint density at radius 1 is 1.42 bits per heavy atom. The van der Waals surface area contributed by atoms with E-state index in [1.165, 1.54) is 11.6 Å². The molecule has 1 aliphatic rings. The van der Waals surface area contributed by atoms with Crippen molar-refractivity contribution in [3.05, 3.63) is 47.3 Å². The number of halogens is 2. The predicted molar refractivity (Wildman–Crippen MR) is 107 cm³/mol. The molecule has 0 radical (unpaired) electrons. The second kappa shape index (κ2) is 11.4. The molecule has 0 saturated heterocycles. The van der Waals surface area contributed by atoms with Crippen molar-refractivity contribution in [1.82, 2.24) is 10.2 Å². The molecule has 0 spiro atoms. The molecule has 0 bridgehead atoms. The summed E-state index contributed by atoms with van der Waals surface area (Å²) in [7, 11) is 1.97. The molecule has 6 heteroatoms. The van der Waals surface area contributed by atoms with Crippen LogP contribution in [0.5, 0.6) is 0 Å². The van der Waals surface area contributed by atoms with E-state index in [1.54, 1.807) is 12.1 Å². The van der Waals surface area contributed by atoms with Gasteiger partial charge in [0.15, 0.2) is 5.96 Å². The Hall–Kier alpha value is -1.15. The van der Waals surface area contributed by atoms with E-state index in [0.717, 1.165) is 50.7 Å². The standard InChI is InChI=1S/C18H26FN3O.HI/c1-3-20-18(21-10-7-15-8-11-23-12-9-15)22(2)14-16-5-4-6-17(19)13-16;/h4-6,8,13H,3,7,9-12,14H2,1-2H3,(H,20,21);1H. The first-order chi connectivity index (χ1) is 11.2. The number of nitrogens with one attached hydrogen (secondary N) is 1. The van der Waals surface area contributed by atoms with Gasteiger partial charge in [0, 0.05) is 26.7 Å². The molecule has 1 aliphatic heterocycles. The van der Waals surface area contributed by atoms with Crippen LogP contribution in [0.15, 0.2) is 40.9 Å². The molecule has 0 amide bonds. The number of rotatable bonds is 6. The fourth-order valence-electron chi connectivity index (χ4n) is 2.55. The molecule has 1 aromatic rings. The number of guanidine groups is 1. The topological polar surface area (TPSA) is 36.9 Å². The van der Waals surface area contributed by atoms with Gasteiger partial charge in [-0.2, -0.15) is 0 Å². The first kappa shape index (κ1) is 20.9. The summed E-state index contributed by atoms with van der Waals surface area (Å²) in [5.41, 5.74) is 2.36. The van der Waals surface area contributed by atoms with Crippen molar-refractivity contribution in [3.8, 4) is 0 Å². The van der Waals surface area contributed by atoms with Crippen molar-refractivity contribution in [2.24, 2.45) is 4.99 Å². The van der Waals surface area contributed by atoms with E-state index in [0.29, 0.717) is 6.54 Å². The minimum atomic E-state index is -0.204. The summed E-state index contributed by atoms with van der Waals surface area (Å²) in [4.78, 5) is 6.71. The van der Waals surface area contributed by atoms with Gasteiger partial charge in [-0.1, -0.05) is 23.8 Å². The van der Waals surface area contributed by atoms with Gasteiger partial charge < -0.3 is 15.0 Å². The number of aliphatic imine (C=N–C) groups is 1. The van der Waals surface area contributed by atoms with Crippen LogP contribution in [0.1, 0.15) is 25.3 Å². The van der Waals surface area contributed by atoms with Crippen molar-refractivity contribution in [2.45, 2.75) is 26.3 Å². The maximum absolute atomic E-state index is 13.3. The summed E-state index contributed by atoms with van der Waals surface area (Å²) in [6.45, 7) is 5.77. The summed E-state index contributed by atoms with van der Waals surface area (Å²) in [6.07, 6.45) is 4.12. The predicted octanol–water partition coefficient (Wildman–Crippen LogP) is 3.58. The van der Waals surface area contributed by atoms with Gasteiger partial charge in [-0.05, 0) is 37.5 Å². The highest BCUT2D eigenvalue weighted by molar-refractivity contribution is 14.0. The second-order valence-corrected chi connectivity index (χ2v) is 5.66. The van der Waals surface area contributed by atoms with E-state index >= 15 is 0 Å². The lowest BCUT2D eigenvalue weighted by Gasteiger charge is -2.22. The smallest absolute Gasteiger partial charge is 0.193 e. The largest absolute Gasteiger partial charge is 0.377 e. The highest BCUT2D eigenvalue weighted by Gasteiger charge is 2.08. The maximum atomic E-state index is 13.3. The fourth-order valence-corrected chi connectivity index (χ4v) is 2.55. The molecule has 1 heterocycles. The number of benzene rings is 1. The van der Waals surface area contributed by atoms with Crippen molar-refractivity contribution in [2.75, 3.05) is 33.4 Å². The molecule has 2 rings (SSSR count). The molecule has 1 aromatic carbocycles. The second-order valence-electron chi connectivity index (χ2n) is 5.66. The molecule has 0 fully saturated rings. The molecule has 0 aromatic heterocycles. The van der Waals surface area contributed by atoms with Gasteiger partial charge in [-0.15, -0.1) is 24.0 Å². The van der Waals surface area contributed by atoms with Crippen LogP contribution in [0.25, 0.3) is 0 Å². The van der Waals surface area contributed by atoms with Crippen LogP contribution in [0, 0.1) is 5.82 Å². The molecule has 0 atom stereocenters. The van der Waals surface area contributed by atoms with E-state index in [-0.39, 0.29) is 29.8 Å². The number of hydrogen-bond acceptors (Lipinski definition) is 2. The SMILES string of the molecule is CCNC(=NCCC1=CCOCC1)N(C)Cc1cccc(F)c1.I. The fraction of sp³-hybridized carbons (Fsp3) is 0.500. The summed E-state index contributed by atoms with van der Waals surface area (Å²) >= 11 is 0. The lowest BCUT2D eigenvalue weighted by atomic mass is 10.1. The first-order valence-corrected chi connectivity index (χ1v) is 8.18. The van der Waals surface area contributed by atoms with Gasteiger partial charge in [-0.25, -0.2) is 4.39 Å². The van der Waals surface area contributed by atoms with Crippen LogP contribution in [0.4, 0.5) is 4.39 Å². The zero-order chi connectivity index (χ0) is 16.5. The van der Waals surface area contributed by atoms with E-state index < -0.39 is 0 Å². The Morgan fingerprint density at radius 2 is 2.25 bits per heavy atom. The molecular weight excluding hydrogens is 420 g/mol. The molecule has 0 aliphatic carbocycles. The van der Waals surface area contributed by atoms with Crippen LogP contribution in [0.2, 0.25) is 0 Å². The summed E-state index contributed by atoms with van der Waals surface area (Å²) in [6, 6.07) is 6.69. The average Bonchev–Trinajstić information content (AvgIpc) is 2.55. The lowest BCUT2D eigenvalue weighted by molar-refractivity contribution is 0.153. The van der Waals surface area contributed by atoms with E-state index in [2.05, 4.69) is 16.4 Å². The Balaban J connectivity index is 0.00000288. The quantitative estimate of drug-likeness (QED) is 0.314. The summed E-state index contributed by atoms with van der Waals surface area (Å²) in [5.74, 6) is 0.647. The first-order valence-electron chi connectivity index (χ1n) is 8.18. The third-order valence-corrected chi connectivity index (χ3v) is 3.76. The number of nitrogens with zero attached hydrogens (tertiary/aromatic N) is 2. The van der Waals surface area contributed by atoms with E-state index in [9.17, 15) is 4.39 Å². The Kier molecular flexibility index (Phi) is 9.94. The normalized spacial score (nSPS) is 14.6. The number of hydrogen-bond donors (Lipinski definition) is 1. The van der Waals surface area contributed by atoms with Crippen LogP contribution in [-0.4, -0.2) is 44.2 Å². The molecule has 4 nitrogen and oxygen atoms in total. The molecule has 24 heavy (non-hydrogen) atoms. The summed E-state index contributed by atoms with van der Waals surface area (Å²) < 4.78 is 18.6. The minimum absolute atomic E-state index is 0. The molecule has 1 N–H and O–H groups in total. The third-order valence-electron chi connectivity index (χ3n) is 3.76. The van der Waals surface area contributed by atoms with Gasteiger partial charge >= 0.3 is 0 Å². The Bertz CT molecular complexity index is 563. The Labute approximate surface area is 161 Å². The van der Waals surface area contributed by atoms with Crippen LogP contribution < -0.4 is 5.32 Å². The molecule has 0 unspecified atom stereocenters. The zero-order valence-electron chi connectivity index (χ0n) is 14.4. The van der Waals surface area contributed by atoms with Gasteiger partial charge in [-0.3, -0.25) is 4.99 Å². The van der Waals surface area contributed by atoms with E-state index in [1.807, 2.05) is 24.9 Å². The van der Waals surface area contributed by atoms with Crippen molar-refractivity contribution < 1.29 is 9.13 Å². The highest BCUT2D eigenvalue weighted by Crippen LogP contribution is 2.12. The van der Waals surface area contributed by atoms with Crippen LogP contribution in [0.3, 0.4) is 0 Å². The lowest BCUT2D eigenvalue weighted by Crippen LogP contribution is -2.38. The molecular formula is C18H27FIN3O. The monoisotopic (exact) mass is 447 g/mol. The molecule has 0 saturated carbocycles. The molecule has 134 valence electrons. The maximum Gasteiger partial charge on any atom is 0.193 e. The van der Waals surface area contributed by atoms with E-state index in [4.69, 9.17) is 4.74 Å². The van der Waals surface area contributed by atoms with Gasteiger partial charge in [0.1, 0.15) is 5.82 Å². The number of ether oxygens (including phenoxy) is 1. The zero-order valence-corrected chi connectivity index (χ0v) is 16.8.